The van der Waals surface area contributed by atoms with E-state index in [0.29, 0.717) is 36.6 Å². The molecule has 1 aromatic carbocycles. The average Bonchev–Trinajstić information content (AvgIpc) is 3.57. The summed E-state index contributed by atoms with van der Waals surface area (Å²) < 4.78 is 18.1. The Kier molecular flexibility index (Phi) is 8.80. The van der Waals surface area contributed by atoms with Crippen LogP contribution >= 0.6 is 0 Å². The number of hydrogen-bond acceptors (Lipinski definition) is 12. The van der Waals surface area contributed by atoms with E-state index in [1.54, 1.807) is 45.0 Å². The van der Waals surface area contributed by atoms with Crippen molar-refractivity contribution in [3.63, 3.8) is 0 Å². The van der Waals surface area contributed by atoms with Crippen LogP contribution in [0.5, 0.6) is 5.88 Å². The molecule has 1 saturated heterocycles. The number of rotatable bonds is 8. The standard InChI is InChI=1S/C27H32N8O6/c1-15(2)23-33-32-19(35(23)26(37)41-27(3,4)5)14-39-34-24(36)20-21(29)30-22(17-8-6-7-16(11-17)12-28)31-25(20)40-18-9-10-38-13-18/h6-8,11,15,18H,9-10,13-14H2,1-5H3,(H,34,36)(H2,29,30,31). The molecule has 0 radical (unpaired) electrons. The highest BCUT2D eigenvalue weighted by atomic mass is 16.7. The summed E-state index contributed by atoms with van der Waals surface area (Å²) in [5, 5.41) is 17.4. The highest BCUT2D eigenvalue weighted by Crippen LogP contribution is 2.28. The molecule has 1 amide bonds. The number of ether oxygens (including phenoxy) is 3. The van der Waals surface area contributed by atoms with Crippen LogP contribution in [0.3, 0.4) is 0 Å². The molecule has 1 unspecified atom stereocenters. The van der Waals surface area contributed by atoms with Gasteiger partial charge < -0.3 is 19.9 Å². The van der Waals surface area contributed by atoms with Crippen molar-refractivity contribution in [2.45, 2.75) is 65.3 Å². The maximum absolute atomic E-state index is 13.2. The molecule has 0 saturated carbocycles. The van der Waals surface area contributed by atoms with Crippen molar-refractivity contribution in [3.05, 3.63) is 47.0 Å². The van der Waals surface area contributed by atoms with Gasteiger partial charge >= 0.3 is 6.09 Å². The minimum atomic E-state index is -0.777. The molecule has 1 atom stereocenters. The first-order valence-electron chi connectivity index (χ1n) is 13.0. The Hall–Kier alpha value is -4.61. The SMILES string of the molecule is CC(C)c1nnc(CONC(=O)c2c(N)nc(-c3cccc(C#N)c3)nc2OC2CCOC2)n1C(=O)OC(C)(C)C. The largest absolute Gasteiger partial charge is 0.471 e. The maximum atomic E-state index is 13.2. The fourth-order valence-corrected chi connectivity index (χ4v) is 3.90. The van der Waals surface area contributed by atoms with Crippen LogP contribution in [0.25, 0.3) is 11.4 Å². The molecular weight excluding hydrogens is 532 g/mol. The molecule has 216 valence electrons. The van der Waals surface area contributed by atoms with Gasteiger partial charge in [0.05, 0.1) is 24.8 Å². The second-order valence-electron chi connectivity index (χ2n) is 10.6. The second-order valence-corrected chi connectivity index (χ2v) is 10.6. The van der Waals surface area contributed by atoms with Crippen molar-refractivity contribution >= 4 is 17.8 Å². The van der Waals surface area contributed by atoms with E-state index in [-0.39, 0.29) is 47.5 Å². The minimum absolute atomic E-state index is 0.0644. The number of carbonyl (C=O) groups is 2. The van der Waals surface area contributed by atoms with Crippen LogP contribution in [0.2, 0.25) is 0 Å². The van der Waals surface area contributed by atoms with E-state index in [9.17, 15) is 14.9 Å². The van der Waals surface area contributed by atoms with Crippen molar-refractivity contribution < 1.29 is 28.6 Å². The molecule has 14 nitrogen and oxygen atoms in total. The molecular formula is C27H32N8O6. The van der Waals surface area contributed by atoms with Crippen LogP contribution in [0.1, 0.15) is 74.5 Å². The Bertz CT molecular complexity index is 1470. The second kappa shape index (κ2) is 12.3. The Balaban J connectivity index is 1.57. The first-order valence-corrected chi connectivity index (χ1v) is 13.0. The number of benzene rings is 1. The van der Waals surface area contributed by atoms with Crippen LogP contribution in [-0.4, -0.2) is 61.7 Å². The van der Waals surface area contributed by atoms with Gasteiger partial charge in [0.2, 0.25) is 5.88 Å². The van der Waals surface area contributed by atoms with Crippen LogP contribution in [0, 0.1) is 11.3 Å². The number of nitrogen functional groups attached to an aromatic ring is 1. The van der Waals surface area contributed by atoms with Gasteiger partial charge in [-0.3, -0.25) is 9.63 Å². The Morgan fingerprint density at radius 3 is 2.71 bits per heavy atom. The maximum Gasteiger partial charge on any atom is 0.421 e. The topological polar surface area (TPSA) is 189 Å². The molecule has 14 heteroatoms. The summed E-state index contributed by atoms with van der Waals surface area (Å²) in [4.78, 5) is 40.2. The molecule has 4 rings (SSSR count). The van der Waals surface area contributed by atoms with Crippen molar-refractivity contribution in [1.29, 1.82) is 5.26 Å². The Labute approximate surface area is 236 Å². The zero-order chi connectivity index (χ0) is 29.7. The molecule has 0 spiro atoms. The fraction of sp³-hybridized carbons (Fsp3) is 0.444. The van der Waals surface area contributed by atoms with E-state index in [1.807, 2.05) is 13.8 Å². The van der Waals surface area contributed by atoms with E-state index < -0.39 is 17.6 Å². The molecule has 0 aliphatic carbocycles. The third-order valence-electron chi connectivity index (χ3n) is 5.76. The predicted octanol–water partition coefficient (Wildman–Crippen LogP) is 3.12. The number of aromatic nitrogens is 5. The van der Waals surface area contributed by atoms with E-state index in [0.717, 1.165) is 0 Å². The minimum Gasteiger partial charge on any atom is -0.471 e. The highest BCUT2D eigenvalue weighted by molar-refractivity contribution is 6.00. The quantitative estimate of drug-likeness (QED) is 0.381. The van der Waals surface area contributed by atoms with Crippen LogP contribution in [-0.2, 0) is 20.9 Å². The van der Waals surface area contributed by atoms with Gasteiger partial charge in [-0.2, -0.15) is 10.2 Å². The molecule has 41 heavy (non-hydrogen) atoms. The molecule has 1 aliphatic heterocycles. The van der Waals surface area contributed by atoms with Crippen LogP contribution in [0.4, 0.5) is 10.6 Å². The fourth-order valence-electron chi connectivity index (χ4n) is 3.90. The summed E-state index contributed by atoms with van der Waals surface area (Å²) in [7, 11) is 0. The number of amides is 1. The van der Waals surface area contributed by atoms with Crippen molar-refractivity contribution in [1.82, 2.24) is 30.2 Å². The van der Waals surface area contributed by atoms with Crippen LogP contribution in [0.15, 0.2) is 24.3 Å². The molecule has 3 heterocycles. The molecule has 1 fully saturated rings. The van der Waals surface area contributed by atoms with Gasteiger partial charge in [0.15, 0.2) is 11.6 Å². The van der Waals surface area contributed by atoms with Gasteiger partial charge in [-0.25, -0.2) is 19.8 Å². The zero-order valence-corrected chi connectivity index (χ0v) is 23.5. The number of nitrogens with zero attached hydrogens (tertiary/aromatic N) is 6. The zero-order valence-electron chi connectivity index (χ0n) is 23.5. The Morgan fingerprint density at radius 1 is 1.27 bits per heavy atom. The summed E-state index contributed by atoms with van der Waals surface area (Å²) >= 11 is 0. The van der Waals surface area contributed by atoms with E-state index in [2.05, 4.69) is 31.7 Å². The smallest absolute Gasteiger partial charge is 0.421 e. The third kappa shape index (κ3) is 7.13. The number of nitrogens with one attached hydrogen (secondary N) is 1. The average molecular weight is 565 g/mol. The lowest BCUT2D eigenvalue weighted by Gasteiger charge is -2.21. The summed E-state index contributed by atoms with van der Waals surface area (Å²) in [6, 6.07) is 8.72. The monoisotopic (exact) mass is 564 g/mol. The summed E-state index contributed by atoms with van der Waals surface area (Å²) in [6.07, 6.45) is -0.421. The Morgan fingerprint density at radius 2 is 2.05 bits per heavy atom. The molecule has 1 aliphatic rings. The lowest BCUT2D eigenvalue weighted by atomic mass is 10.1. The van der Waals surface area contributed by atoms with E-state index in [1.165, 1.54) is 4.57 Å². The van der Waals surface area contributed by atoms with Crippen molar-refractivity contribution in [2.24, 2.45) is 0 Å². The summed E-state index contributed by atoms with van der Waals surface area (Å²) in [5.74, 6) is -0.454. The number of hydroxylamine groups is 1. The number of nitrogens with two attached hydrogens (primary N) is 1. The van der Waals surface area contributed by atoms with E-state index >= 15 is 0 Å². The first-order chi connectivity index (χ1) is 19.5. The highest BCUT2D eigenvalue weighted by Gasteiger charge is 2.28. The summed E-state index contributed by atoms with van der Waals surface area (Å²) in [6.45, 7) is 9.47. The van der Waals surface area contributed by atoms with Crippen molar-refractivity contribution in [2.75, 3.05) is 18.9 Å². The molecule has 2 aromatic heterocycles. The van der Waals surface area contributed by atoms with Gasteiger partial charge in [-0.05, 0) is 32.9 Å². The lowest BCUT2D eigenvalue weighted by Crippen LogP contribution is -2.31. The molecule has 3 aromatic rings. The third-order valence-corrected chi connectivity index (χ3v) is 5.76. The van der Waals surface area contributed by atoms with E-state index in [4.69, 9.17) is 24.8 Å². The van der Waals surface area contributed by atoms with Gasteiger partial charge in [0.25, 0.3) is 5.91 Å². The normalized spacial score (nSPS) is 15.0. The number of carbonyl (C=O) groups excluding carboxylic acids is 2. The first kappa shape index (κ1) is 29.4. The molecule has 3 N–H and O–H groups in total. The summed E-state index contributed by atoms with van der Waals surface area (Å²) in [5.41, 5.74) is 8.55. The van der Waals surface area contributed by atoms with Gasteiger partial charge in [0.1, 0.15) is 35.5 Å². The number of hydrogen-bond donors (Lipinski definition) is 2. The van der Waals surface area contributed by atoms with Crippen LogP contribution < -0.4 is 16.0 Å². The van der Waals surface area contributed by atoms with Gasteiger partial charge in [-0.15, -0.1) is 10.2 Å². The van der Waals surface area contributed by atoms with Gasteiger partial charge in [-0.1, -0.05) is 26.0 Å². The number of nitriles is 1. The lowest BCUT2D eigenvalue weighted by molar-refractivity contribution is 0.0179. The number of anilines is 1. The molecule has 0 bridgehead atoms. The van der Waals surface area contributed by atoms with Crippen molar-refractivity contribution in [3.8, 4) is 23.3 Å². The predicted molar refractivity (Wildman–Crippen MR) is 144 cm³/mol. The van der Waals surface area contributed by atoms with Gasteiger partial charge in [0, 0.05) is 17.9 Å².